The minimum absolute atomic E-state index is 0.450. The number of aromatic nitrogens is 2. The average Bonchev–Trinajstić information content (AvgIpc) is 2.98. The van der Waals surface area contributed by atoms with E-state index in [1.54, 1.807) is 0 Å². The summed E-state index contributed by atoms with van der Waals surface area (Å²) in [6, 6.07) is 2.59. The smallest absolute Gasteiger partial charge is 0.0762 e. The highest BCUT2D eigenvalue weighted by atomic mass is 15.3. The molecule has 3 heteroatoms. The van der Waals surface area contributed by atoms with Gasteiger partial charge < -0.3 is 5.32 Å². The Morgan fingerprint density at radius 3 is 2.50 bits per heavy atom. The van der Waals surface area contributed by atoms with Crippen molar-refractivity contribution in [3.05, 3.63) is 18.0 Å². The summed E-state index contributed by atoms with van der Waals surface area (Å²) in [7, 11) is 0. The number of nitrogens with one attached hydrogen (secondary N) is 1. The number of rotatable bonds is 7. The quantitative estimate of drug-likeness (QED) is 0.811. The number of nitrogens with zero attached hydrogens (tertiary/aromatic N) is 2. The van der Waals surface area contributed by atoms with E-state index in [2.05, 4.69) is 50.4 Å². The van der Waals surface area contributed by atoms with Crippen LogP contribution in [0, 0.1) is 11.3 Å². The van der Waals surface area contributed by atoms with Gasteiger partial charge in [0.05, 0.1) is 5.69 Å². The van der Waals surface area contributed by atoms with Crippen LogP contribution in [0.2, 0.25) is 0 Å². The first-order chi connectivity index (χ1) is 9.51. The van der Waals surface area contributed by atoms with E-state index >= 15 is 0 Å². The van der Waals surface area contributed by atoms with Crippen LogP contribution in [0.25, 0.3) is 0 Å². The molecule has 1 aliphatic rings. The van der Waals surface area contributed by atoms with Crippen LogP contribution in [-0.4, -0.2) is 16.3 Å². The molecule has 2 rings (SSSR count). The van der Waals surface area contributed by atoms with E-state index in [0.717, 1.165) is 24.7 Å². The molecule has 0 amide bonds. The van der Waals surface area contributed by atoms with Gasteiger partial charge >= 0.3 is 0 Å². The molecular weight excluding hydrogens is 246 g/mol. The molecule has 0 aliphatic heterocycles. The van der Waals surface area contributed by atoms with Crippen LogP contribution in [0.4, 0.5) is 0 Å². The molecule has 1 saturated carbocycles. The van der Waals surface area contributed by atoms with Crippen molar-refractivity contribution in [1.82, 2.24) is 15.1 Å². The maximum absolute atomic E-state index is 4.61. The second-order valence-corrected chi connectivity index (χ2v) is 7.29. The van der Waals surface area contributed by atoms with Gasteiger partial charge in [0.1, 0.15) is 0 Å². The van der Waals surface area contributed by atoms with Crippen LogP contribution >= 0.6 is 0 Å². The van der Waals surface area contributed by atoms with E-state index < -0.39 is 0 Å². The fourth-order valence-corrected chi connectivity index (χ4v) is 3.66. The van der Waals surface area contributed by atoms with Gasteiger partial charge in [-0.1, -0.05) is 26.7 Å². The summed E-state index contributed by atoms with van der Waals surface area (Å²) in [6.07, 6.45) is 9.07. The minimum atomic E-state index is 0.450. The normalized spacial score (nSPS) is 18.3. The Morgan fingerprint density at radius 2 is 1.95 bits per heavy atom. The van der Waals surface area contributed by atoms with Crippen molar-refractivity contribution in [2.24, 2.45) is 11.3 Å². The second-order valence-electron chi connectivity index (χ2n) is 7.29. The predicted octanol–water partition coefficient (Wildman–Crippen LogP) is 4.16. The zero-order valence-electron chi connectivity index (χ0n) is 13.7. The standard InChI is InChI=1S/C17H31N3/c1-14(2)11-17(8-5-6-9-17)13-18-12-16-7-10-20(19-16)15(3)4/h7,10,14-15,18H,5-6,8-9,11-13H2,1-4H3. The van der Waals surface area contributed by atoms with Crippen LogP contribution in [0.5, 0.6) is 0 Å². The predicted molar refractivity (Wildman–Crippen MR) is 84.7 cm³/mol. The van der Waals surface area contributed by atoms with Crippen molar-refractivity contribution in [3.63, 3.8) is 0 Å². The lowest BCUT2D eigenvalue weighted by molar-refractivity contribution is 0.223. The van der Waals surface area contributed by atoms with Crippen molar-refractivity contribution in [2.45, 2.75) is 72.4 Å². The van der Waals surface area contributed by atoms with Gasteiger partial charge in [-0.3, -0.25) is 4.68 Å². The van der Waals surface area contributed by atoms with Gasteiger partial charge in [0.25, 0.3) is 0 Å². The van der Waals surface area contributed by atoms with Crippen molar-refractivity contribution in [2.75, 3.05) is 6.54 Å². The first-order valence-electron chi connectivity index (χ1n) is 8.25. The van der Waals surface area contributed by atoms with E-state index in [1.807, 2.05) is 4.68 Å². The maximum atomic E-state index is 4.61. The Morgan fingerprint density at radius 1 is 1.25 bits per heavy atom. The highest BCUT2D eigenvalue weighted by Crippen LogP contribution is 2.42. The Bertz CT molecular complexity index is 400. The van der Waals surface area contributed by atoms with Gasteiger partial charge in [-0.05, 0) is 50.5 Å². The van der Waals surface area contributed by atoms with Crippen molar-refractivity contribution >= 4 is 0 Å². The molecule has 0 saturated heterocycles. The molecule has 0 atom stereocenters. The van der Waals surface area contributed by atoms with Gasteiger partial charge in [0.15, 0.2) is 0 Å². The van der Waals surface area contributed by atoms with Crippen molar-refractivity contribution < 1.29 is 0 Å². The summed E-state index contributed by atoms with van der Waals surface area (Å²) >= 11 is 0. The van der Waals surface area contributed by atoms with Gasteiger partial charge in [-0.15, -0.1) is 0 Å². The van der Waals surface area contributed by atoms with Crippen LogP contribution in [0.15, 0.2) is 12.3 Å². The highest BCUT2D eigenvalue weighted by Gasteiger charge is 2.33. The van der Waals surface area contributed by atoms with Crippen LogP contribution in [-0.2, 0) is 6.54 Å². The monoisotopic (exact) mass is 277 g/mol. The largest absolute Gasteiger partial charge is 0.311 e. The summed E-state index contributed by atoms with van der Waals surface area (Å²) in [5.74, 6) is 0.801. The maximum Gasteiger partial charge on any atom is 0.0762 e. The third-order valence-corrected chi connectivity index (χ3v) is 4.50. The first-order valence-corrected chi connectivity index (χ1v) is 8.25. The van der Waals surface area contributed by atoms with E-state index in [0.29, 0.717) is 11.5 Å². The lowest BCUT2D eigenvalue weighted by atomic mass is 9.78. The Kier molecular flexibility index (Phi) is 5.25. The van der Waals surface area contributed by atoms with Gasteiger partial charge in [0.2, 0.25) is 0 Å². The van der Waals surface area contributed by atoms with E-state index in [9.17, 15) is 0 Å². The number of hydrogen-bond acceptors (Lipinski definition) is 2. The zero-order valence-corrected chi connectivity index (χ0v) is 13.7. The van der Waals surface area contributed by atoms with Crippen molar-refractivity contribution in [3.8, 4) is 0 Å². The molecule has 1 N–H and O–H groups in total. The van der Waals surface area contributed by atoms with E-state index in [1.165, 1.54) is 32.1 Å². The van der Waals surface area contributed by atoms with Gasteiger partial charge in [-0.2, -0.15) is 5.10 Å². The molecule has 20 heavy (non-hydrogen) atoms. The topological polar surface area (TPSA) is 29.9 Å². The summed E-state index contributed by atoms with van der Waals surface area (Å²) < 4.78 is 2.04. The Labute approximate surface area is 124 Å². The summed E-state index contributed by atoms with van der Waals surface area (Å²) in [5.41, 5.74) is 1.71. The third-order valence-electron chi connectivity index (χ3n) is 4.50. The van der Waals surface area contributed by atoms with Gasteiger partial charge in [-0.25, -0.2) is 0 Å². The van der Waals surface area contributed by atoms with Crippen LogP contribution in [0.1, 0.15) is 71.5 Å². The fraction of sp³-hybridized carbons (Fsp3) is 0.824. The summed E-state index contributed by atoms with van der Waals surface area (Å²) in [5, 5.41) is 8.28. The Hall–Kier alpha value is -0.830. The van der Waals surface area contributed by atoms with Gasteiger partial charge in [0, 0.05) is 25.3 Å². The molecule has 1 aromatic heterocycles. The molecule has 1 fully saturated rings. The van der Waals surface area contributed by atoms with E-state index in [-0.39, 0.29) is 0 Å². The SMILES string of the molecule is CC(C)CC1(CNCc2ccn(C(C)C)n2)CCCC1. The van der Waals surface area contributed by atoms with Crippen LogP contribution in [0.3, 0.4) is 0 Å². The minimum Gasteiger partial charge on any atom is -0.311 e. The molecule has 1 heterocycles. The molecular formula is C17H31N3. The highest BCUT2D eigenvalue weighted by molar-refractivity contribution is 4.99. The van der Waals surface area contributed by atoms with E-state index in [4.69, 9.17) is 0 Å². The molecule has 114 valence electrons. The molecule has 0 radical (unpaired) electrons. The first kappa shape index (κ1) is 15.6. The molecule has 1 aliphatic carbocycles. The molecule has 3 nitrogen and oxygen atoms in total. The molecule has 0 aromatic carbocycles. The Balaban J connectivity index is 1.83. The summed E-state index contributed by atoms with van der Waals surface area (Å²) in [6.45, 7) is 11.1. The fourth-order valence-electron chi connectivity index (χ4n) is 3.66. The van der Waals surface area contributed by atoms with Crippen LogP contribution < -0.4 is 5.32 Å². The average molecular weight is 277 g/mol. The zero-order chi connectivity index (χ0) is 14.6. The second kappa shape index (κ2) is 6.75. The third kappa shape index (κ3) is 4.08. The van der Waals surface area contributed by atoms with Crippen molar-refractivity contribution in [1.29, 1.82) is 0 Å². The lowest BCUT2D eigenvalue weighted by Crippen LogP contribution is -2.33. The molecule has 0 unspecified atom stereocenters. The number of hydrogen-bond donors (Lipinski definition) is 1. The molecule has 1 aromatic rings. The summed E-state index contributed by atoms with van der Waals surface area (Å²) in [4.78, 5) is 0. The molecule has 0 bridgehead atoms. The lowest BCUT2D eigenvalue weighted by Gasteiger charge is -2.31. The molecule has 0 spiro atoms.